The molecule has 1 aromatic carbocycles. The Hall–Kier alpha value is -1.46. The van der Waals surface area contributed by atoms with E-state index >= 15 is 0 Å². The lowest BCUT2D eigenvalue weighted by Gasteiger charge is -2.33. The van der Waals surface area contributed by atoms with Crippen molar-refractivity contribution in [2.24, 2.45) is 0 Å². The molecule has 5 nitrogen and oxygen atoms in total. The third kappa shape index (κ3) is 5.10. The maximum atomic E-state index is 12.1. The maximum absolute atomic E-state index is 12.1. The molecule has 1 atom stereocenters. The number of carbonyl (C=O) groups excluding carboxylic acids is 1. The van der Waals surface area contributed by atoms with Gasteiger partial charge in [-0.05, 0) is 38.1 Å². The molecule has 0 saturated carbocycles. The Morgan fingerprint density at radius 2 is 1.90 bits per heavy atom. The maximum Gasteiger partial charge on any atom is 0.260 e. The number of amides is 1. The molecule has 1 aliphatic rings. The first-order valence-electron chi connectivity index (χ1n) is 7.06. The second-order valence-electron chi connectivity index (χ2n) is 4.83. The van der Waals surface area contributed by atoms with E-state index in [1.807, 2.05) is 43.0 Å². The second kappa shape index (κ2) is 8.74. The normalized spacial score (nSPS) is 17.8. The summed E-state index contributed by atoms with van der Waals surface area (Å²) in [6.45, 7) is 7.14. The Kier molecular flexibility index (Phi) is 7.32. The average Bonchev–Trinajstić information content (AvgIpc) is 2.47. The van der Waals surface area contributed by atoms with Crippen LogP contribution in [0.15, 0.2) is 24.3 Å². The van der Waals surface area contributed by atoms with E-state index < -0.39 is 0 Å². The van der Waals surface area contributed by atoms with E-state index in [4.69, 9.17) is 9.47 Å². The number of carbonyl (C=O) groups is 1. The minimum Gasteiger partial charge on any atom is -0.494 e. The smallest absolute Gasteiger partial charge is 0.260 e. The van der Waals surface area contributed by atoms with Gasteiger partial charge in [0.2, 0.25) is 0 Å². The molecule has 0 radical (unpaired) electrons. The van der Waals surface area contributed by atoms with Gasteiger partial charge in [-0.25, -0.2) is 0 Å². The molecule has 1 fully saturated rings. The van der Waals surface area contributed by atoms with Crippen molar-refractivity contribution in [3.63, 3.8) is 0 Å². The fourth-order valence-electron chi connectivity index (χ4n) is 2.24. The third-order valence-corrected chi connectivity index (χ3v) is 3.32. The van der Waals surface area contributed by atoms with Crippen molar-refractivity contribution in [2.45, 2.75) is 19.9 Å². The monoisotopic (exact) mass is 314 g/mol. The van der Waals surface area contributed by atoms with E-state index in [0.717, 1.165) is 25.4 Å². The molecule has 21 heavy (non-hydrogen) atoms. The van der Waals surface area contributed by atoms with Crippen molar-refractivity contribution in [3.8, 4) is 11.5 Å². The van der Waals surface area contributed by atoms with Crippen LogP contribution in [0, 0.1) is 0 Å². The number of halogens is 1. The first-order chi connectivity index (χ1) is 9.70. The molecule has 0 spiro atoms. The van der Waals surface area contributed by atoms with Crippen molar-refractivity contribution >= 4 is 18.3 Å². The van der Waals surface area contributed by atoms with Gasteiger partial charge in [-0.2, -0.15) is 0 Å². The van der Waals surface area contributed by atoms with Crippen LogP contribution in [0.4, 0.5) is 0 Å². The third-order valence-electron chi connectivity index (χ3n) is 3.32. The summed E-state index contributed by atoms with van der Waals surface area (Å²) in [5.41, 5.74) is 0. The van der Waals surface area contributed by atoms with Crippen LogP contribution in [-0.4, -0.2) is 49.7 Å². The van der Waals surface area contributed by atoms with Crippen molar-refractivity contribution in [3.05, 3.63) is 24.3 Å². The van der Waals surface area contributed by atoms with Gasteiger partial charge in [-0.15, -0.1) is 12.4 Å². The largest absolute Gasteiger partial charge is 0.494 e. The van der Waals surface area contributed by atoms with Crippen LogP contribution in [0.25, 0.3) is 0 Å². The van der Waals surface area contributed by atoms with Crippen molar-refractivity contribution in [2.75, 3.05) is 32.8 Å². The highest BCUT2D eigenvalue weighted by Gasteiger charge is 2.22. The van der Waals surface area contributed by atoms with E-state index in [1.165, 1.54) is 0 Å². The summed E-state index contributed by atoms with van der Waals surface area (Å²) in [4.78, 5) is 14.0. The van der Waals surface area contributed by atoms with Crippen LogP contribution in [0.3, 0.4) is 0 Å². The molecule has 0 aromatic heterocycles. The van der Waals surface area contributed by atoms with Gasteiger partial charge < -0.3 is 19.7 Å². The molecular weight excluding hydrogens is 292 g/mol. The number of hydrogen-bond donors (Lipinski definition) is 1. The summed E-state index contributed by atoms with van der Waals surface area (Å²) in [5.74, 6) is 1.53. The Labute approximate surface area is 132 Å². The minimum absolute atomic E-state index is 0. The van der Waals surface area contributed by atoms with E-state index in [0.29, 0.717) is 12.4 Å². The quantitative estimate of drug-likeness (QED) is 0.899. The summed E-state index contributed by atoms with van der Waals surface area (Å²) in [7, 11) is 0. The lowest BCUT2D eigenvalue weighted by Crippen LogP contribution is -2.53. The Morgan fingerprint density at radius 1 is 1.29 bits per heavy atom. The predicted molar refractivity (Wildman–Crippen MR) is 84.4 cm³/mol. The summed E-state index contributed by atoms with van der Waals surface area (Å²) in [6, 6.07) is 7.55. The summed E-state index contributed by atoms with van der Waals surface area (Å²) < 4.78 is 10.9. The lowest BCUT2D eigenvalue weighted by atomic mass is 10.2. The lowest BCUT2D eigenvalue weighted by molar-refractivity contribution is -0.136. The van der Waals surface area contributed by atoms with Gasteiger partial charge in [0.25, 0.3) is 5.91 Å². The molecule has 1 amide bonds. The zero-order valence-electron chi connectivity index (χ0n) is 12.5. The standard InChI is InChI=1S/C15H22N2O3.ClH/c1-3-19-13-4-6-14(7-5-13)20-11-15(18)17-9-8-16-10-12(17)2;/h4-7,12,16H,3,8-11H2,1-2H3;1H/t12-;/m1./s1. The van der Waals surface area contributed by atoms with Crippen molar-refractivity contribution in [1.29, 1.82) is 0 Å². The Bertz CT molecular complexity index is 439. The molecule has 0 aliphatic carbocycles. The van der Waals surface area contributed by atoms with E-state index in [2.05, 4.69) is 5.32 Å². The SMILES string of the molecule is CCOc1ccc(OCC(=O)N2CCNC[C@H]2C)cc1.Cl. The van der Waals surface area contributed by atoms with Crippen LogP contribution in [-0.2, 0) is 4.79 Å². The van der Waals surface area contributed by atoms with Gasteiger partial charge in [0.1, 0.15) is 11.5 Å². The van der Waals surface area contributed by atoms with Crippen LogP contribution in [0.2, 0.25) is 0 Å². The molecule has 0 unspecified atom stereocenters. The molecule has 6 heteroatoms. The summed E-state index contributed by atoms with van der Waals surface area (Å²) >= 11 is 0. The highest BCUT2D eigenvalue weighted by molar-refractivity contribution is 5.85. The number of rotatable bonds is 5. The van der Waals surface area contributed by atoms with Crippen molar-refractivity contribution in [1.82, 2.24) is 10.2 Å². The molecule has 118 valence electrons. The number of nitrogens with zero attached hydrogens (tertiary/aromatic N) is 1. The van der Waals surface area contributed by atoms with Crippen LogP contribution in [0.5, 0.6) is 11.5 Å². The number of benzene rings is 1. The van der Waals surface area contributed by atoms with Gasteiger partial charge >= 0.3 is 0 Å². The molecule has 1 heterocycles. The minimum atomic E-state index is 0. The number of piperazine rings is 1. The Balaban J connectivity index is 0.00000220. The van der Waals surface area contributed by atoms with Crippen molar-refractivity contribution < 1.29 is 14.3 Å². The number of hydrogen-bond acceptors (Lipinski definition) is 4. The van der Waals surface area contributed by atoms with Gasteiger partial charge in [-0.3, -0.25) is 4.79 Å². The second-order valence-corrected chi connectivity index (χ2v) is 4.83. The molecule has 0 bridgehead atoms. The summed E-state index contributed by atoms with van der Waals surface area (Å²) in [5, 5.41) is 3.26. The van der Waals surface area contributed by atoms with E-state index in [9.17, 15) is 4.79 Å². The highest BCUT2D eigenvalue weighted by Crippen LogP contribution is 2.17. The first-order valence-corrected chi connectivity index (χ1v) is 7.06. The van der Waals surface area contributed by atoms with Crippen LogP contribution >= 0.6 is 12.4 Å². The molecule has 1 saturated heterocycles. The fraction of sp³-hybridized carbons (Fsp3) is 0.533. The van der Waals surface area contributed by atoms with Crippen LogP contribution in [0.1, 0.15) is 13.8 Å². The first kappa shape index (κ1) is 17.6. The van der Waals surface area contributed by atoms with E-state index in [1.54, 1.807) is 0 Å². The highest BCUT2D eigenvalue weighted by atomic mass is 35.5. The Morgan fingerprint density at radius 3 is 2.48 bits per heavy atom. The van der Waals surface area contributed by atoms with Gasteiger partial charge in [-0.1, -0.05) is 0 Å². The number of nitrogens with one attached hydrogen (secondary N) is 1. The zero-order valence-corrected chi connectivity index (χ0v) is 13.3. The summed E-state index contributed by atoms with van der Waals surface area (Å²) in [6.07, 6.45) is 0. The molecule has 1 aliphatic heterocycles. The number of ether oxygens (including phenoxy) is 2. The fourth-order valence-corrected chi connectivity index (χ4v) is 2.24. The zero-order chi connectivity index (χ0) is 14.4. The molecule has 1 N–H and O–H groups in total. The molecule has 2 rings (SSSR count). The van der Waals surface area contributed by atoms with Gasteiger partial charge in [0.15, 0.2) is 6.61 Å². The molecule has 1 aromatic rings. The predicted octanol–water partition coefficient (Wildman–Crippen LogP) is 1.71. The van der Waals surface area contributed by atoms with Gasteiger partial charge in [0, 0.05) is 25.7 Å². The van der Waals surface area contributed by atoms with Crippen LogP contribution < -0.4 is 14.8 Å². The van der Waals surface area contributed by atoms with E-state index in [-0.39, 0.29) is 31.0 Å². The van der Waals surface area contributed by atoms with Gasteiger partial charge in [0.05, 0.1) is 6.61 Å². The topological polar surface area (TPSA) is 50.8 Å². The average molecular weight is 315 g/mol. The molecular formula is C15H23ClN2O3.